The van der Waals surface area contributed by atoms with E-state index in [0.717, 1.165) is 18.5 Å². The maximum atomic E-state index is 13.7. The number of halogens is 2. The Labute approximate surface area is 127 Å². The van der Waals surface area contributed by atoms with Crippen molar-refractivity contribution in [3.05, 3.63) is 35.4 Å². The van der Waals surface area contributed by atoms with E-state index in [2.05, 4.69) is 26.1 Å². The van der Waals surface area contributed by atoms with E-state index in [4.69, 9.17) is 0 Å². The summed E-state index contributed by atoms with van der Waals surface area (Å²) in [5.41, 5.74) is 1.06. The highest BCUT2D eigenvalue weighted by molar-refractivity contribution is 5.24. The molecule has 1 aromatic rings. The second-order valence-electron chi connectivity index (χ2n) is 6.83. The molecule has 1 atom stereocenters. The Morgan fingerprint density at radius 2 is 1.81 bits per heavy atom. The van der Waals surface area contributed by atoms with Crippen molar-refractivity contribution in [3.8, 4) is 0 Å². The zero-order valence-corrected chi connectivity index (χ0v) is 13.4. The van der Waals surface area contributed by atoms with Gasteiger partial charge < -0.3 is 5.32 Å². The van der Waals surface area contributed by atoms with Crippen LogP contribution in [-0.2, 0) is 0 Å². The zero-order valence-electron chi connectivity index (χ0n) is 13.4. The second-order valence-corrected chi connectivity index (χ2v) is 6.83. The molecule has 118 valence electrons. The lowest BCUT2D eigenvalue weighted by atomic mass is 9.70. The summed E-state index contributed by atoms with van der Waals surface area (Å²) in [6, 6.07) is 4.49. The Hall–Kier alpha value is -0.960. The van der Waals surface area contributed by atoms with E-state index in [1.54, 1.807) is 6.07 Å². The van der Waals surface area contributed by atoms with Crippen LogP contribution in [0.3, 0.4) is 0 Å². The zero-order chi connectivity index (χ0) is 15.5. The first-order valence-electron chi connectivity index (χ1n) is 8.17. The Balaban J connectivity index is 2.37. The van der Waals surface area contributed by atoms with Crippen molar-refractivity contribution >= 4 is 0 Å². The van der Waals surface area contributed by atoms with Gasteiger partial charge in [0.05, 0.1) is 0 Å². The molecule has 0 spiro atoms. The minimum atomic E-state index is -0.765. The van der Waals surface area contributed by atoms with Gasteiger partial charge in [0.2, 0.25) is 0 Å². The SMILES string of the molecule is CCNC(c1ccc(F)c(F)c1)C1(CC(C)C)CCCC1. The van der Waals surface area contributed by atoms with Crippen LogP contribution < -0.4 is 5.32 Å². The predicted molar refractivity (Wildman–Crippen MR) is 83.1 cm³/mol. The lowest BCUT2D eigenvalue weighted by molar-refractivity contribution is 0.156. The quantitative estimate of drug-likeness (QED) is 0.758. The first kappa shape index (κ1) is 16.4. The average molecular weight is 295 g/mol. The van der Waals surface area contributed by atoms with Crippen molar-refractivity contribution in [1.29, 1.82) is 0 Å². The van der Waals surface area contributed by atoms with Gasteiger partial charge in [0.1, 0.15) is 0 Å². The van der Waals surface area contributed by atoms with Crippen LogP contribution in [0.4, 0.5) is 8.78 Å². The third kappa shape index (κ3) is 3.63. The van der Waals surface area contributed by atoms with Crippen LogP contribution >= 0.6 is 0 Å². The molecule has 0 radical (unpaired) electrons. The highest BCUT2D eigenvalue weighted by atomic mass is 19.2. The van der Waals surface area contributed by atoms with Gasteiger partial charge in [0, 0.05) is 6.04 Å². The van der Waals surface area contributed by atoms with E-state index in [0.29, 0.717) is 5.92 Å². The number of benzene rings is 1. The number of rotatable bonds is 6. The molecule has 0 bridgehead atoms. The highest BCUT2D eigenvalue weighted by Gasteiger charge is 2.42. The average Bonchev–Trinajstić information content (AvgIpc) is 2.88. The molecule has 1 N–H and O–H groups in total. The molecule has 1 fully saturated rings. The van der Waals surface area contributed by atoms with E-state index in [1.807, 2.05) is 0 Å². The van der Waals surface area contributed by atoms with Gasteiger partial charge in [0.15, 0.2) is 11.6 Å². The summed E-state index contributed by atoms with van der Waals surface area (Å²) in [6.07, 6.45) is 5.93. The summed E-state index contributed by atoms with van der Waals surface area (Å²) in [4.78, 5) is 0. The Morgan fingerprint density at radius 1 is 1.14 bits per heavy atom. The normalized spacial score (nSPS) is 19.1. The minimum Gasteiger partial charge on any atom is -0.310 e. The fraction of sp³-hybridized carbons (Fsp3) is 0.667. The van der Waals surface area contributed by atoms with Gasteiger partial charge in [-0.15, -0.1) is 0 Å². The maximum absolute atomic E-state index is 13.7. The molecule has 0 aliphatic heterocycles. The van der Waals surface area contributed by atoms with Gasteiger partial charge >= 0.3 is 0 Å². The van der Waals surface area contributed by atoms with Crippen molar-refractivity contribution in [1.82, 2.24) is 5.32 Å². The highest BCUT2D eigenvalue weighted by Crippen LogP contribution is 2.51. The molecule has 1 unspecified atom stereocenters. The van der Waals surface area contributed by atoms with Gasteiger partial charge in [0.25, 0.3) is 0 Å². The molecule has 0 saturated heterocycles. The molecule has 1 saturated carbocycles. The van der Waals surface area contributed by atoms with Crippen LogP contribution in [0.2, 0.25) is 0 Å². The molecule has 0 amide bonds. The summed E-state index contributed by atoms with van der Waals surface area (Å²) in [5.74, 6) is -0.902. The van der Waals surface area contributed by atoms with Crippen molar-refractivity contribution in [2.24, 2.45) is 11.3 Å². The summed E-state index contributed by atoms with van der Waals surface area (Å²) in [5, 5.41) is 3.54. The molecular weight excluding hydrogens is 268 g/mol. The van der Waals surface area contributed by atoms with Crippen molar-refractivity contribution in [2.45, 2.75) is 58.9 Å². The lowest BCUT2D eigenvalue weighted by Crippen LogP contribution is -2.37. The molecule has 1 aromatic carbocycles. The summed E-state index contributed by atoms with van der Waals surface area (Å²) in [7, 11) is 0. The van der Waals surface area contributed by atoms with Crippen molar-refractivity contribution in [3.63, 3.8) is 0 Å². The van der Waals surface area contributed by atoms with Gasteiger partial charge in [-0.25, -0.2) is 8.78 Å². The van der Waals surface area contributed by atoms with Gasteiger partial charge in [-0.2, -0.15) is 0 Å². The minimum absolute atomic E-state index is 0.113. The first-order chi connectivity index (χ1) is 9.98. The van der Waals surface area contributed by atoms with Crippen molar-refractivity contribution < 1.29 is 8.78 Å². The fourth-order valence-corrected chi connectivity index (χ4v) is 4.09. The molecule has 21 heavy (non-hydrogen) atoms. The fourth-order valence-electron chi connectivity index (χ4n) is 4.09. The molecule has 1 aliphatic rings. The third-order valence-corrected chi connectivity index (χ3v) is 4.71. The smallest absolute Gasteiger partial charge is 0.159 e. The van der Waals surface area contributed by atoms with Crippen LogP contribution in [0.15, 0.2) is 18.2 Å². The largest absolute Gasteiger partial charge is 0.310 e. The number of hydrogen-bond acceptors (Lipinski definition) is 1. The Morgan fingerprint density at radius 3 is 2.33 bits per heavy atom. The standard InChI is InChI=1S/C18H27F2N/c1-4-21-17(14-7-8-15(19)16(20)11-14)18(12-13(2)3)9-5-6-10-18/h7-8,11,13,17,21H,4-6,9-10,12H2,1-3H3. The Bertz CT molecular complexity index is 464. The molecule has 1 nitrogen and oxygen atoms in total. The number of hydrogen-bond donors (Lipinski definition) is 1. The summed E-state index contributed by atoms with van der Waals surface area (Å²) >= 11 is 0. The van der Waals surface area contributed by atoms with Crippen LogP contribution in [0.5, 0.6) is 0 Å². The van der Waals surface area contributed by atoms with E-state index in [9.17, 15) is 8.78 Å². The van der Waals surface area contributed by atoms with Gasteiger partial charge in [-0.3, -0.25) is 0 Å². The maximum Gasteiger partial charge on any atom is 0.159 e. The molecule has 0 heterocycles. The van der Waals surface area contributed by atoms with Crippen molar-refractivity contribution in [2.75, 3.05) is 6.54 Å². The summed E-state index contributed by atoms with van der Waals surface area (Å²) < 4.78 is 26.9. The van der Waals surface area contributed by atoms with Gasteiger partial charge in [-0.05, 0) is 54.8 Å². The summed E-state index contributed by atoms with van der Waals surface area (Å²) in [6.45, 7) is 7.40. The predicted octanol–water partition coefficient (Wildman–Crippen LogP) is 5.22. The van der Waals surface area contributed by atoms with E-state index in [-0.39, 0.29) is 11.5 Å². The van der Waals surface area contributed by atoms with E-state index < -0.39 is 11.6 Å². The molecule has 1 aliphatic carbocycles. The van der Waals surface area contributed by atoms with Crippen LogP contribution in [0.25, 0.3) is 0 Å². The molecule has 3 heteroatoms. The van der Waals surface area contributed by atoms with E-state index >= 15 is 0 Å². The molecular formula is C18H27F2N. The second kappa shape index (κ2) is 6.87. The first-order valence-corrected chi connectivity index (χ1v) is 8.17. The van der Waals surface area contributed by atoms with Gasteiger partial charge in [-0.1, -0.05) is 39.7 Å². The van der Waals surface area contributed by atoms with Crippen LogP contribution in [-0.4, -0.2) is 6.54 Å². The monoisotopic (exact) mass is 295 g/mol. The van der Waals surface area contributed by atoms with E-state index in [1.165, 1.54) is 37.8 Å². The Kier molecular flexibility index (Phi) is 5.37. The third-order valence-electron chi connectivity index (χ3n) is 4.71. The van der Waals surface area contributed by atoms with Crippen LogP contribution in [0.1, 0.15) is 64.5 Å². The molecule has 0 aromatic heterocycles. The number of nitrogens with one attached hydrogen (secondary N) is 1. The van der Waals surface area contributed by atoms with Crippen LogP contribution in [0, 0.1) is 23.0 Å². The lowest BCUT2D eigenvalue weighted by Gasteiger charge is -2.40. The topological polar surface area (TPSA) is 12.0 Å². The molecule has 2 rings (SSSR count).